The molecule has 1 heterocycles. The lowest BCUT2D eigenvalue weighted by atomic mass is 10.0. The summed E-state index contributed by atoms with van der Waals surface area (Å²) in [7, 11) is -3.75. The highest BCUT2D eigenvalue weighted by molar-refractivity contribution is 7.89. The summed E-state index contributed by atoms with van der Waals surface area (Å²) in [5, 5.41) is 9.13. The Bertz CT molecular complexity index is 542. The zero-order valence-electron chi connectivity index (χ0n) is 10.4. The minimum atomic E-state index is -3.75. The van der Waals surface area contributed by atoms with Crippen LogP contribution in [-0.2, 0) is 10.0 Å². The van der Waals surface area contributed by atoms with Crippen molar-refractivity contribution >= 4 is 15.7 Å². The fourth-order valence-electron chi connectivity index (χ4n) is 2.28. The van der Waals surface area contributed by atoms with E-state index in [1.807, 2.05) is 0 Å². The van der Waals surface area contributed by atoms with Gasteiger partial charge in [-0.3, -0.25) is 0 Å². The zero-order chi connectivity index (χ0) is 14.0. The Morgan fingerprint density at radius 1 is 1.42 bits per heavy atom. The standard InChI is InChI=1S/C12H17FN2O3S/c13-10-4-11(14)6-12(5-10)19(17,18)15-3-1-2-9(7-15)8-16/h4-6,9,16H,1-3,7-8,14H2. The number of benzene rings is 1. The highest BCUT2D eigenvalue weighted by Gasteiger charge is 2.30. The second-order valence-electron chi connectivity index (χ2n) is 4.77. The van der Waals surface area contributed by atoms with E-state index in [-0.39, 0.29) is 29.7 Å². The largest absolute Gasteiger partial charge is 0.399 e. The van der Waals surface area contributed by atoms with Crippen molar-refractivity contribution in [1.82, 2.24) is 4.31 Å². The smallest absolute Gasteiger partial charge is 0.243 e. The summed E-state index contributed by atoms with van der Waals surface area (Å²) < 4.78 is 39.3. The fourth-order valence-corrected chi connectivity index (χ4v) is 3.90. The molecule has 0 bridgehead atoms. The van der Waals surface area contributed by atoms with Crippen LogP contribution in [-0.4, -0.2) is 37.5 Å². The topological polar surface area (TPSA) is 83.6 Å². The molecule has 1 aliphatic rings. The lowest BCUT2D eigenvalue weighted by molar-refractivity contribution is 0.165. The van der Waals surface area contributed by atoms with Crippen molar-refractivity contribution in [2.75, 3.05) is 25.4 Å². The van der Waals surface area contributed by atoms with Gasteiger partial charge < -0.3 is 10.8 Å². The molecule has 0 aliphatic carbocycles. The molecule has 0 radical (unpaired) electrons. The maximum atomic E-state index is 13.3. The number of nitrogen functional groups attached to an aromatic ring is 1. The van der Waals surface area contributed by atoms with Crippen molar-refractivity contribution in [1.29, 1.82) is 0 Å². The van der Waals surface area contributed by atoms with Gasteiger partial charge in [0.05, 0.1) is 4.90 Å². The van der Waals surface area contributed by atoms with Crippen LogP contribution in [0.3, 0.4) is 0 Å². The van der Waals surface area contributed by atoms with Gasteiger partial charge >= 0.3 is 0 Å². The molecule has 5 nitrogen and oxygen atoms in total. The second-order valence-corrected chi connectivity index (χ2v) is 6.71. The van der Waals surface area contributed by atoms with E-state index in [2.05, 4.69) is 0 Å². The molecule has 7 heteroatoms. The summed E-state index contributed by atoms with van der Waals surface area (Å²) in [5.74, 6) is -0.733. The first-order chi connectivity index (χ1) is 8.93. The van der Waals surface area contributed by atoms with Crippen LogP contribution < -0.4 is 5.73 Å². The summed E-state index contributed by atoms with van der Waals surface area (Å²) >= 11 is 0. The quantitative estimate of drug-likeness (QED) is 0.806. The monoisotopic (exact) mass is 288 g/mol. The lowest BCUT2D eigenvalue weighted by Crippen LogP contribution is -2.40. The summed E-state index contributed by atoms with van der Waals surface area (Å²) in [4.78, 5) is -0.136. The average Bonchev–Trinajstić information content (AvgIpc) is 2.37. The van der Waals surface area contributed by atoms with Crippen LogP contribution in [0.2, 0.25) is 0 Å². The van der Waals surface area contributed by atoms with Crippen molar-refractivity contribution in [3.05, 3.63) is 24.0 Å². The van der Waals surface area contributed by atoms with Gasteiger partial charge in [-0.2, -0.15) is 4.31 Å². The van der Waals surface area contributed by atoms with Gasteiger partial charge in [0.15, 0.2) is 0 Å². The van der Waals surface area contributed by atoms with E-state index in [1.165, 1.54) is 10.4 Å². The van der Waals surface area contributed by atoms with Crippen molar-refractivity contribution in [3.63, 3.8) is 0 Å². The van der Waals surface area contributed by atoms with Crippen LogP contribution in [0.5, 0.6) is 0 Å². The number of hydrogen-bond acceptors (Lipinski definition) is 4. The minimum Gasteiger partial charge on any atom is -0.399 e. The number of sulfonamides is 1. The van der Waals surface area contributed by atoms with Gasteiger partial charge in [-0.15, -0.1) is 0 Å². The van der Waals surface area contributed by atoms with Crippen LogP contribution in [0.15, 0.2) is 23.1 Å². The number of halogens is 1. The summed E-state index contributed by atoms with van der Waals surface area (Å²) in [6.45, 7) is 0.599. The maximum Gasteiger partial charge on any atom is 0.243 e. The van der Waals surface area contributed by atoms with Crippen LogP contribution in [0.25, 0.3) is 0 Å². The van der Waals surface area contributed by atoms with E-state index < -0.39 is 15.8 Å². The second kappa shape index (κ2) is 5.44. The van der Waals surface area contributed by atoms with Gasteiger partial charge in [-0.25, -0.2) is 12.8 Å². The predicted octanol–water partition coefficient (Wildman–Crippen LogP) is 0.801. The number of rotatable bonds is 3. The molecule has 3 N–H and O–H groups in total. The van der Waals surface area contributed by atoms with E-state index in [1.54, 1.807) is 0 Å². The number of hydrogen-bond donors (Lipinski definition) is 2. The van der Waals surface area contributed by atoms with Gasteiger partial charge in [0, 0.05) is 25.4 Å². The zero-order valence-corrected chi connectivity index (χ0v) is 11.2. The molecule has 1 atom stereocenters. The molecule has 0 saturated carbocycles. The molecule has 1 aliphatic heterocycles. The van der Waals surface area contributed by atoms with E-state index in [0.29, 0.717) is 13.0 Å². The highest BCUT2D eigenvalue weighted by atomic mass is 32.2. The Labute approximate surface area is 111 Å². The molecular weight excluding hydrogens is 271 g/mol. The summed E-state index contributed by atoms with van der Waals surface area (Å²) in [6.07, 6.45) is 1.49. The SMILES string of the molecule is Nc1cc(F)cc(S(=O)(=O)N2CCCC(CO)C2)c1. The molecule has 1 saturated heterocycles. The van der Waals surface area contributed by atoms with Crippen molar-refractivity contribution in [3.8, 4) is 0 Å². The van der Waals surface area contributed by atoms with Gasteiger partial charge in [0.25, 0.3) is 0 Å². The van der Waals surface area contributed by atoms with Gasteiger partial charge in [0.2, 0.25) is 10.0 Å². The number of aliphatic hydroxyl groups excluding tert-OH is 1. The molecule has 0 aromatic heterocycles. The first-order valence-corrected chi connectivity index (χ1v) is 7.54. The Balaban J connectivity index is 2.31. The first kappa shape index (κ1) is 14.2. The molecule has 1 aromatic carbocycles. The number of aliphatic hydroxyl groups is 1. The molecule has 106 valence electrons. The Kier molecular flexibility index (Phi) is 4.07. The minimum absolute atomic E-state index is 0.0443. The van der Waals surface area contributed by atoms with Crippen molar-refractivity contribution in [2.24, 2.45) is 5.92 Å². The Hall–Kier alpha value is -1.18. The third-order valence-corrected chi connectivity index (χ3v) is 5.11. The van der Waals surface area contributed by atoms with Crippen LogP contribution in [0, 0.1) is 11.7 Å². The lowest BCUT2D eigenvalue weighted by Gasteiger charge is -2.31. The van der Waals surface area contributed by atoms with Gasteiger partial charge in [-0.1, -0.05) is 0 Å². The molecule has 19 heavy (non-hydrogen) atoms. The molecule has 1 fully saturated rings. The average molecular weight is 288 g/mol. The number of anilines is 1. The van der Waals surface area contributed by atoms with Crippen molar-refractivity contribution in [2.45, 2.75) is 17.7 Å². The fraction of sp³-hybridized carbons (Fsp3) is 0.500. The van der Waals surface area contributed by atoms with E-state index in [0.717, 1.165) is 18.6 Å². The van der Waals surface area contributed by atoms with Crippen LogP contribution in [0.1, 0.15) is 12.8 Å². The molecule has 0 amide bonds. The molecule has 1 unspecified atom stereocenters. The van der Waals surface area contributed by atoms with E-state index in [9.17, 15) is 12.8 Å². The molecule has 0 spiro atoms. The van der Waals surface area contributed by atoms with Crippen LogP contribution in [0.4, 0.5) is 10.1 Å². The third kappa shape index (κ3) is 3.05. The number of nitrogens with zero attached hydrogens (tertiary/aromatic N) is 1. The van der Waals surface area contributed by atoms with Gasteiger partial charge in [0.1, 0.15) is 5.82 Å². The molecule has 1 aromatic rings. The number of piperidine rings is 1. The summed E-state index contributed by atoms with van der Waals surface area (Å²) in [5.41, 5.74) is 5.55. The normalized spacial score (nSPS) is 21.5. The highest BCUT2D eigenvalue weighted by Crippen LogP contribution is 2.25. The predicted molar refractivity (Wildman–Crippen MR) is 69.4 cm³/mol. The summed E-state index contributed by atoms with van der Waals surface area (Å²) in [6, 6.07) is 3.29. The first-order valence-electron chi connectivity index (χ1n) is 6.10. The number of nitrogens with two attached hydrogens (primary N) is 1. The maximum absolute atomic E-state index is 13.3. The van der Waals surface area contributed by atoms with Gasteiger partial charge in [-0.05, 0) is 37.0 Å². The Morgan fingerprint density at radius 3 is 2.79 bits per heavy atom. The van der Waals surface area contributed by atoms with E-state index in [4.69, 9.17) is 10.8 Å². The third-order valence-electron chi connectivity index (χ3n) is 3.27. The molecular formula is C12H17FN2O3S. The molecule has 2 rings (SSSR count). The Morgan fingerprint density at radius 2 is 2.16 bits per heavy atom. The van der Waals surface area contributed by atoms with E-state index >= 15 is 0 Å². The van der Waals surface area contributed by atoms with Crippen LogP contribution >= 0.6 is 0 Å². The van der Waals surface area contributed by atoms with Crippen molar-refractivity contribution < 1.29 is 17.9 Å².